The molecule has 0 spiro atoms. The molecule has 3 rings (SSSR count). The van der Waals surface area contributed by atoms with Crippen LogP contribution in [-0.4, -0.2) is 32.2 Å². The molecular formula is C16H22N4O. The summed E-state index contributed by atoms with van der Waals surface area (Å²) in [6, 6.07) is 10.0. The van der Waals surface area contributed by atoms with E-state index in [1.54, 1.807) is 11.0 Å². The minimum atomic E-state index is -0.239. The molecule has 0 saturated heterocycles. The molecule has 1 aliphatic carbocycles. The fourth-order valence-corrected chi connectivity index (χ4v) is 2.82. The minimum Gasteiger partial charge on any atom is -0.392 e. The van der Waals surface area contributed by atoms with Crippen LogP contribution in [0.25, 0.3) is 5.69 Å². The van der Waals surface area contributed by atoms with Crippen LogP contribution in [0.3, 0.4) is 0 Å². The van der Waals surface area contributed by atoms with Crippen LogP contribution in [0.2, 0.25) is 0 Å². The fraction of sp³-hybridized carbons (Fsp3) is 0.500. The van der Waals surface area contributed by atoms with Crippen molar-refractivity contribution < 1.29 is 5.11 Å². The molecule has 1 aliphatic rings. The van der Waals surface area contributed by atoms with Crippen molar-refractivity contribution in [2.24, 2.45) is 0 Å². The SMILES string of the molecule is OC1CCCCCC1NCc1cnn(-c2ccccc2)n1. The highest BCUT2D eigenvalue weighted by Gasteiger charge is 2.21. The van der Waals surface area contributed by atoms with Gasteiger partial charge in [-0.3, -0.25) is 0 Å². The Morgan fingerprint density at radius 1 is 1.14 bits per heavy atom. The van der Waals surface area contributed by atoms with E-state index in [1.807, 2.05) is 30.3 Å². The lowest BCUT2D eigenvalue weighted by Gasteiger charge is -2.21. The summed E-state index contributed by atoms with van der Waals surface area (Å²) in [4.78, 5) is 1.64. The number of aliphatic hydroxyl groups is 1. The second-order valence-corrected chi connectivity index (χ2v) is 5.65. The summed E-state index contributed by atoms with van der Waals surface area (Å²) in [7, 11) is 0. The van der Waals surface area contributed by atoms with Gasteiger partial charge in [-0.25, -0.2) is 0 Å². The number of hydrogen-bond acceptors (Lipinski definition) is 4. The van der Waals surface area contributed by atoms with Gasteiger partial charge in [0.2, 0.25) is 0 Å². The van der Waals surface area contributed by atoms with E-state index in [0.717, 1.165) is 30.6 Å². The molecule has 5 nitrogen and oxygen atoms in total. The fourth-order valence-electron chi connectivity index (χ4n) is 2.82. The van der Waals surface area contributed by atoms with E-state index in [0.29, 0.717) is 6.54 Å². The summed E-state index contributed by atoms with van der Waals surface area (Å²) in [5.74, 6) is 0. The molecule has 2 N–H and O–H groups in total. The maximum atomic E-state index is 10.1. The molecule has 1 fully saturated rings. The Labute approximate surface area is 125 Å². The Bertz CT molecular complexity index is 554. The highest BCUT2D eigenvalue weighted by molar-refractivity contribution is 5.28. The van der Waals surface area contributed by atoms with Crippen LogP contribution in [0, 0.1) is 0 Å². The number of rotatable bonds is 4. The number of nitrogens with one attached hydrogen (secondary N) is 1. The Morgan fingerprint density at radius 2 is 1.95 bits per heavy atom. The van der Waals surface area contributed by atoms with Crippen LogP contribution in [0.5, 0.6) is 0 Å². The summed E-state index contributed by atoms with van der Waals surface area (Å²) < 4.78 is 0. The minimum absolute atomic E-state index is 0.175. The van der Waals surface area contributed by atoms with Gasteiger partial charge in [-0.1, -0.05) is 37.5 Å². The molecule has 112 valence electrons. The average molecular weight is 286 g/mol. The summed E-state index contributed by atoms with van der Waals surface area (Å²) in [6.45, 7) is 0.647. The molecule has 5 heteroatoms. The number of benzene rings is 1. The number of aromatic nitrogens is 3. The Hall–Kier alpha value is -1.72. The highest BCUT2D eigenvalue weighted by Crippen LogP contribution is 2.18. The van der Waals surface area contributed by atoms with Crippen LogP contribution in [0.15, 0.2) is 36.5 Å². The van der Waals surface area contributed by atoms with Crippen molar-refractivity contribution in [1.29, 1.82) is 0 Å². The lowest BCUT2D eigenvalue weighted by Crippen LogP contribution is -2.38. The average Bonchev–Trinajstić information content (AvgIpc) is 2.90. The second kappa shape index (κ2) is 6.83. The third kappa shape index (κ3) is 3.68. The molecule has 0 aliphatic heterocycles. The number of nitrogens with zero attached hydrogens (tertiary/aromatic N) is 3. The van der Waals surface area contributed by atoms with Gasteiger partial charge in [-0.05, 0) is 25.0 Å². The summed E-state index contributed by atoms with van der Waals surface area (Å²) in [6.07, 6.45) is 7.01. The predicted octanol–water partition coefficient (Wildman–Crippen LogP) is 2.05. The van der Waals surface area contributed by atoms with Gasteiger partial charge in [0, 0.05) is 12.6 Å². The molecule has 2 aromatic rings. The molecule has 1 saturated carbocycles. The van der Waals surface area contributed by atoms with Gasteiger partial charge in [0.25, 0.3) is 0 Å². The van der Waals surface area contributed by atoms with E-state index >= 15 is 0 Å². The molecule has 1 aromatic heterocycles. The number of para-hydroxylation sites is 1. The van der Waals surface area contributed by atoms with Gasteiger partial charge >= 0.3 is 0 Å². The van der Waals surface area contributed by atoms with E-state index in [9.17, 15) is 5.11 Å². The van der Waals surface area contributed by atoms with Crippen molar-refractivity contribution in [3.05, 3.63) is 42.2 Å². The Balaban J connectivity index is 1.60. The van der Waals surface area contributed by atoms with E-state index in [-0.39, 0.29) is 12.1 Å². The standard InChI is InChI=1S/C16H22N4O/c21-16-10-6-2-5-9-15(16)17-11-13-12-18-20(19-13)14-7-3-1-4-8-14/h1,3-4,7-8,12,15-17,21H,2,5-6,9-11H2. The smallest absolute Gasteiger partial charge is 0.0969 e. The monoisotopic (exact) mass is 286 g/mol. The number of hydrogen-bond donors (Lipinski definition) is 2. The van der Waals surface area contributed by atoms with Crippen molar-refractivity contribution in [2.75, 3.05) is 0 Å². The zero-order valence-corrected chi connectivity index (χ0v) is 12.2. The van der Waals surface area contributed by atoms with Gasteiger partial charge < -0.3 is 10.4 Å². The first-order valence-electron chi connectivity index (χ1n) is 7.71. The topological polar surface area (TPSA) is 63.0 Å². The van der Waals surface area contributed by atoms with E-state index in [4.69, 9.17) is 0 Å². The van der Waals surface area contributed by atoms with Crippen molar-refractivity contribution >= 4 is 0 Å². The van der Waals surface area contributed by atoms with Gasteiger partial charge in [0.15, 0.2) is 0 Å². The third-order valence-corrected chi connectivity index (χ3v) is 4.05. The summed E-state index contributed by atoms with van der Waals surface area (Å²) >= 11 is 0. The predicted molar refractivity (Wildman–Crippen MR) is 81.1 cm³/mol. The number of aliphatic hydroxyl groups excluding tert-OH is 1. The van der Waals surface area contributed by atoms with Crippen molar-refractivity contribution in [1.82, 2.24) is 20.3 Å². The zero-order valence-electron chi connectivity index (χ0n) is 12.2. The van der Waals surface area contributed by atoms with Crippen LogP contribution >= 0.6 is 0 Å². The first-order valence-corrected chi connectivity index (χ1v) is 7.71. The quantitative estimate of drug-likeness (QED) is 0.844. The maximum absolute atomic E-state index is 10.1. The first kappa shape index (κ1) is 14.2. The summed E-state index contributed by atoms with van der Waals surface area (Å²) in [5, 5.41) is 22.3. The summed E-state index contributed by atoms with van der Waals surface area (Å²) in [5.41, 5.74) is 1.86. The van der Waals surface area contributed by atoms with Gasteiger partial charge in [-0.2, -0.15) is 15.0 Å². The van der Waals surface area contributed by atoms with Crippen LogP contribution < -0.4 is 5.32 Å². The van der Waals surface area contributed by atoms with Gasteiger partial charge in [0.05, 0.1) is 23.7 Å². The largest absolute Gasteiger partial charge is 0.392 e. The Kier molecular flexibility index (Phi) is 4.62. The van der Waals surface area contributed by atoms with Crippen molar-refractivity contribution in [3.63, 3.8) is 0 Å². The molecule has 21 heavy (non-hydrogen) atoms. The van der Waals surface area contributed by atoms with Crippen LogP contribution in [0.4, 0.5) is 0 Å². The second-order valence-electron chi connectivity index (χ2n) is 5.65. The van der Waals surface area contributed by atoms with Gasteiger partial charge in [0.1, 0.15) is 0 Å². The zero-order chi connectivity index (χ0) is 14.5. The van der Waals surface area contributed by atoms with E-state index in [1.165, 1.54) is 12.8 Å². The molecule has 0 amide bonds. The molecular weight excluding hydrogens is 264 g/mol. The van der Waals surface area contributed by atoms with E-state index < -0.39 is 0 Å². The normalized spacial score (nSPS) is 22.9. The van der Waals surface area contributed by atoms with Gasteiger partial charge in [-0.15, -0.1) is 0 Å². The van der Waals surface area contributed by atoms with Crippen molar-refractivity contribution in [2.45, 2.75) is 50.8 Å². The molecule has 0 radical (unpaired) electrons. The Morgan fingerprint density at radius 3 is 2.81 bits per heavy atom. The highest BCUT2D eigenvalue weighted by atomic mass is 16.3. The maximum Gasteiger partial charge on any atom is 0.0969 e. The molecule has 0 bridgehead atoms. The third-order valence-electron chi connectivity index (χ3n) is 4.05. The molecule has 1 heterocycles. The molecule has 2 unspecified atom stereocenters. The lowest BCUT2D eigenvalue weighted by atomic mass is 10.1. The molecule has 2 atom stereocenters. The van der Waals surface area contributed by atoms with E-state index in [2.05, 4.69) is 15.5 Å². The first-order chi connectivity index (χ1) is 10.3. The van der Waals surface area contributed by atoms with Crippen LogP contribution in [-0.2, 0) is 6.54 Å². The van der Waals surface area contributed by atoms with Crippen LogP contribution in [0.1, 0.15) is 37.8 Å². The van der Waals surface area contributed by atoms with Crippen molar-refractivity contribution in [3.8, 4) is 5.69 Å². The lowest BCUT2D eigenvalue weighted by molar-refractivity contribution is 0.119. The molecule has 1 aromatic carbocycles.